The predicted octanol–water partition coefficient (Wildman–Crippen LogP) is 6.77. The third kappa shape index (κ3) is 9.71. The van der Waals surface area contributed by atoms with E-state index in [0.29, 0.717) is 32.0 Å². The van der Waals surface area contributed by atoms with Crippen LogP contribution in [0.4, 0.5) is 0 Å². The van der Waals surface area contributed by atoms with E-state index in [0.717, 1.165) is 29.1 Å². The van der Waals surface area contributed by atoms with E-state index in [-0.39, 0.29) is 24.4 Å². The van der Waals surface area contributed by atoms with Crippen molar-refractivity contribution in [2.45, 2.75) is 92.3 Å². The van der Waals surface area contributed by atoms with E-state index in [9.17, 15) is 9.59 Å². The van der Waals surface area contributed by atoms with Crippen LogP contribution in [-0.2, 0) is 22.7 Å². The molecule has 1 aromatic heterocycles. The highest BCUT2D eigenvalue weighted by molar-refractivity contribution is 6.31. The van der Waals surface area contributed by atoms with Crippen molar-refractivity contribution in [1.82, 2.24) is 14.4 Å². The van der Waals surface area contributed by atoms with Gasteiger partial charge in [-0.3, -0.25) is 9.59 Å². The topological polar surface area (TPSA) is 45.6 Å². The van der Waals surface area contributed by atoms with Crippen LogP contribution in [0.2, 0.25) is 5.02 Å². The number of benzene rings is 1. The summed E-state index contributed by atoms with van der Waals surface area (Å²) in [5, 5.41) is 0.739. The Balaban J connectivity index is 2.08. The van der Waals surface area contributed by atoms with Crippen LogP contribution in [0.3, 0.4) is 0 Å². The van der Waals surface area contributed by atoms with Crippen molar-refractivity contribution in [2.24, 2.45) is 5.92 Å². The lowest BCUT2D eigenvalue weighted by Gasteiger charge is -2.31. The lowest BCUT2D eigenvalue weighted by Crippen LogP contribution is -2.46. The number of amides is 2. The molecule has 0 spiro atoms. The van der Waals surface area contributed by atoms with E-state index in [1.54, 1.807) is 4.90 Å². The maximum atomic E-state index is 13.5. The largest absolute Gasteiger partial charge is 0.345 e. The van der Waals surface area contributed by atoms with Crippen LogP contribution in [0.1, 0.15) is 84.4 Å². The smallest absolute Gasteiger partial charge is 0.242 e. The highest BCUT2D eigenvalue weighted by Gasteiger charge is 2.24. The van der Waals surface area contributed by atoms with Crippen molar-refractivity contribution >= 4 is 23.4 Å². The molecule has 2 amide bonds. The molecule has 0 N–H and O–H groups in total. The molecule has 1 aromatic carbocycles. The number of hydrogen-bond acceptors (Lipinski definition) is 2. The second-order valence-electron chi connectivity index (χ2n) is 10.2. The van der Waals surface area contributed by atoms with Gasteiger partial charge >= 0.3 is 0 Å². The van der Waals surface area contributed by atoms with Crippen LogP contribution in [0.5, 0.6) is 0 Å². The number of nitrogens with zero attached hydrogens (tertiary/aromatic N) is 3. The fourth-order valence-electron chi connectivity index (χ4n) is 4.28. The molecule has 2 rings (SSSR count). The van der Waals surface area contributed by atoms with Gasteiger partial charge in [-0.05, 0) is 49.9 Å². The van der Waals surface area contributed by atoms with E-state index >= 15 is 0 Å². The molecule has 1 heterocycles. The molecule has 5 nitrogen and oxygen atoms in total. The summed E-state index contributed by atoms with van der Waals surface area (Å²) >= 11 is 6.38. The number of aromatic nitrogens is 1. The quantitative estimate of drug-likeness (QED) is 0.253. The maximum Gasteiger partial charge on any atom is 0.242 e. The minimum atomic E-state index is -0.00734. The highest BCUT2D eigenvalue weighted by Crippen LogP contribution is 2.19. The summed E-state index contributed by atoms with van der Waals surface area (Å²) in [7, 11) is 0. The van der Waals surface area contributed by atoms with Gasteiger partial charge in [0.2, 0.25) is 11.8 Å². The van der Waals surface area contributed by atoms with Crippen LogP contribution < -0.4 is 0 Å². The van der Waals surface area contributed by atoms with Gasteiger partial charge in [0.05, 0.1) is 13.1 Å². The molecule has 0 aliphatic rings. The van der Waals surface area contributed by atoms with Gasteiger partial charge in [-0.15, -0.1) is 0 Å². The third-order valence-electron chi connectivity index (χ3n) is 6.26. The first-order valence-electron chi connectivity index (χ1n) is 13.2. The Morgan fingerprint density at radius 1 is 0.943 bits per heavy atom. The summed E-state index contributed by atoms with van der Waals surface area (Å²) in [6, 6.07) is 11.9. The number of hydrogen-bond donors (Lipinski definition) is 0. The molecule has 0 aliphatic heterocycles. The standard InChI is InChI=1S/C29H44ClN3O2/c1-6-7-8-9-10-17-28(34)33(24(4)5)22-29(35)32(19-23(2)3)21-26-15-13-18-31(26)20-25-14-11-12-16-27(25)30/h11-16,18,23-24H,6-10,17,19-22H2,1-5H3. The molecule has 0 fully saturated rings. The highest BCUT2D eigenvalue weighted by atomic mass is 35.5. The van der Waals surface area contributed by atoms with Gasteiger partial charge in [0.1, 0.15) is 0 Å². The molecule has 35 heavy (non-hydrogen) atoms. The Morgan fingerprint density at radius 2 is 1.66 bits per heavy atom. The third-order valence-corrected chi connectivity index (χ3v) is 6.63. The Kier molecular flexibility index (Phi) is 12.4. The van der Waals surface area contributed by atoms with Gasteiger partial charge in [-0.25, -0.2) is 0 Å². The fraction of sp³-hybridized carbons (Fsp3) is 0.586. The Hall–Kier alpha value is -2.27. The second-order valence-corrected chi connectivity index (χ2v) is 10.6. The van der Waals surface area contributed by atoms with E-state index in [4.69, 9.17) is 11.6 Å². The minimum absolute atomic E-state index is 0.00257. The van der Waals surface area contributed by atoms with Crippen LogP contribution in [0.25, 0.3) is 0 Å². The summed E-state index contributed by atoms with van der Waals surface area (Å²) in [6.45, 7) is 12.3. The molecule has 0 saturated heterocycles. The Bertz CT molecular complexity index is 922. The van der Waals surface area contributed by atoms with Crippen molar-refractivity contribution in [1.29, 1.82) is 0 Å². The predicted molar refractivity (Wildman–Crippen MR) is 145 cm³/mol. The van der Waals surface area contributed by atoms with Gasteiger partial charge in [0.25, 0.3) is 0 Å². The molecule has 0 atom stereocenters. The van der Waals surface area contributed by atoms with Crippen molar-refractivity contribution < 1.29 is 9.59 Å². The van der Waals surface area contributed by atoms with Gasteiger partial charge in [-0.1, -0.05) is 76.3 Å². The van der Waals surface area contributed by atoms with Crippen LogP contribution >= 0.6 is 11.6 Å². The van der Waals surface area contributed by atoms with E-state index in [2.05, 4.69) is 31.4 Å². The summed E-state index contributed by atoms with van der Waals surface area (Å²) in [5.74, 6) is 0.404. The maximum absolute atomic E-state index is 13.5. The number of carbonyl (C=O) groups excluding carboxylic acids is 2. The van der Waals surface area contributed by atoms with Crippen molar-refractivity contribution in [2.75, 3.05) is 13.1 Å². The minimum Gasteiger partial charge on any atom is -0.345 e. The molecule has 194 valence electrons. The molecule has 0 unspecified atom stereocenters. The number of unbranched alkanes of at least 4 members (excludes halogenated alkanes) is 4. The molecule has 0 saturated carbocycles. The zero-order chi connectivity index (χ0) is 25.8. The van der Waals surface area contributed by atoms with Crippen LogP contribution in [0, 0.1) is 5.92 Å². The molecule has 0 aliphatic carbocycles. The summed E-state index contributed by atoms with van der Waals surface area (Å²) < 4.78 is 2.14. The zero-order valence-corrected chi connectivity index (χ0v) is 23.1. The van der Waals surface area contributed by atoms with Gasteiger partial charge in [-0.2, -0.15) is 0 Å². The fourth-order valence-corrected chi connectivity index (χ4v) is 4.47. The van der Waals surface area contributed by atoms with Gasteiger partial charge in [0.15, 0.2) is 0 Å². The Labute approximate surface area is 217 Å². The van der Waals surface area contributed by atoms with E-state index in [1.807, 2.05) is 55.3 Å². The molecule has 2 aromatic rings. The zero-order valence-electron chi connectivity index (χ0n) is 22.3. The first kappa shape index (κ1) is 29.0. The molecular weight excluding hydrogens is 458 g/mol. The van der Waals surface area contributed by atoms with Crippen LogP contribution in [-0.4, -0.2) is 45.3 Å². The van der Waals surface area contributed by atoms with E-state index < -0.39 is 0 Å². The van der Waals surface area contributed by atoms with Crippen LogP contribution in [0.15, 0.2) is 42.6 Å². The Morgan fingerprint density at radius 3 is 2.31 bits per heavy atom. The van der Waals surface area contributed by atoms with E-state index in [1.165, 1.54) is 19.3 Å². The summed E-state index contributed by atoms with van der Waals surface area (Å²) in [4.78, 5) is 30.1. The first-order valence-corrected chi connectivity index (χ1v) is 13.5. The first-order chi connectivity index (χ1) is 16.7. The molecule has 0 radical (unpaired) electrons. The van der Waals surface area contributed by atoms with Crippen molar-refractivity contribution in [3.63, 3.8) is 0 Å². The second kappa shape index (κ2) is 15.0. The number of carbonyl (C=O) groups is 2. The number of halogens is 1. The van der Waals surface area contributed by atoms with Crippen molar-refractivity contribution in [3.05, 3.63) is 58.9 Å². The summed E-state index contributed by atoms with van der Waals surface area (Å²) in [5.41, 5.74) is 2.10. The van der Waals surface area contributed by atoms with Crippen molar-refractivity contribution in [3.8, 4) is 0 Å². The summed E-state index contributed by atoms with van der Waals surface area (Å²) in [6.07, 6.45) is 8.07. The average molecular weight is 502 g/mol. The average Bonchev–Trinajstić information content (AvgIpc) is 3.24. The van der Waals surface area contributed by atoms with Gasteiger partial charge < -0.3 is 14.4 Å². The lowest BCUT2D eigenvalue weighted by molar-refractivity contribution is -0.142. The normalized spacial score (nSPS) is 11.3. The monoisotopic (exact) mass is 501 g/mol. The molecule has 6 heteroatoms. The SMILES string of the molecule is CCCCCCCC(=O)N(CC(=O)N(Cc1cccn1Cc1ccccc1Cl)CC(C)C)C(C)C. The number of rotatable bonds is 15. The lowest BCUT2D eigenvalue weighted by atomic mass is 10.1. The molecular formula is C29H44ClN3O2. The molecule has 0 bridgehead atoms. The van der Waals surface area contributed by atoms with Gasteiger partial charge in [0, 0.05) is 42.5 Å².